The van der Waals surface area contributed by atoms with Gasteiger partial charge in [0.05, 0.1) is 18.4 Å². The van der Waals surface area contributed by atoms with Gasteiger partial charge in [0.15, 0.2) is 11.4 Å². The van der Waals surface area contributed by atoms with Crippen LogP contribution in [-0.2, 0) is 26.4 Å². The smallest absolute Gasteiger partial charge is 0.159 e. The molecule has 0 atom stereocenters. The maximum atomic E-state index is 5.91. The minimum atomic E-state index is 0.538. The van der Waals surface area contributed by atoms with Crippen molar-refractivity contribution in [1.29, 1.82) is 0 Å². The highest BCUT2D eigenvalue weighted by atomic mass is 35.5. The summed E-state index contributed by atoms with van der Waals surface area (Å²) in [4.78, 5) is 4.76. The number of halogens is 1. The van der Waals surface area contributed by atoms with Gasteiger partial charge in [0.1, 0.15) is 11.3 Å². The Kier molecular flexibility index (Phi) is 3.96. The fourth-order valence-electron chi connectivity index (χ4n) is 2.61. The summed E-state index contributed by atoms with van der Waals surface area (Å²) in [7, 11) is 1.95. The van der Waals surface area contributed by atoms with Gasteiger partial charge in [-0.1, -0.05) is 18.5 Å². The maximum absolute atomic E-state index is 5.91. The average molecular weight is 308 g/mol. The average Bonchev–Trinajstić information content (AvgIpc) is 3.13. The Morgan fingerprint density at radius 3 is 2.86 bits per heavy atom. The molecule has 0 fully saturated rings. The molecule has 6 nitrogen and oxygen atoms in total. The number of alkyl halides is 1. The zero-order chi connectivity index (χ0) is 14.8. The van der Waals surface area contributed by atoms with E-state index in [9.17, 15) is 0 Å². The molecule has 0 amide bonds. The van der Waals surface area contributed by atoms with Gasteiger partial charge in [-0.25, -0.2) is 4.98 Å². The SMILES string of the molecule is CCCc1nn(C)c2c1nc(CCCl)n2Cc1ccno1. The van der Waals surface area contributed by atoms with Gasteiger partial charge in [-0.2, -0.15) is 5.10 Å². The van der Waals surface area contributed by atoms with Gasteiger partial charge in [0.2, 0.25) is 0 Å². The van der Waals surface area contributed by atoms with Crippen LogP contribution >= 0.6 is 11.6 Å². The molecule has 0 aliphatic heterocycles. The summed E-state index contributed by atoms with van der Waals surface area (Å²) in [6, 6.07) is 1.86. The van der Waals surface area contributed by atoms with E-state index in [0.717, 1.165) is 47.7 Å². The largest absolute Gasteiger partial charge is 0.359 e. The van der Waals surface area contributed by atoms with Crippen molar-refractivity contribution in [3.05, 3.63) is 29.5 Å². The second-order valence-corrected chi connectivity index (χ2v) is 5.40. The van der Waals surface area contributed by atoms with E-state index in [0.29, 0.717) is 12.4 Å². The van der Waals surface area contributed by atoms with Crippen molar-refractivity contribution in [3.8, 4) is 0 Å². The summed E-state index contributed by atoms with van der Waals surface area (Å²) in [6.07, 6.45) is 4.34. The summed E-state index contributed by atoms with van der Waals surface area (Å²) in [6.45, 7) is 2.74. The Labute approximate surface area is 127 Å². The lowest BCUT2D eigenvalue weighted by Gasteiger charge is -2.06. The molecule has 21 heavy (non-hydrogen) atoms. The van der Waals surface area contributed by atoms with Crippen molar-refractivity contribution in [1.82, 2.24) is 24.5 Å². The predicted octanol–water partition coefficient (Wildman–Crippen LogP) is 2.54. The van der Waals surface area contributed by atoms with E-state index in [1.807, 2.05) is 17.8 Å². The number of imidazole rings is 1. The van der Waals surface area contributed by atoms with Crippen LogP contribution in [0.4, 0.5) is 0 Å². The van der Waals surface area contributed by atoms with Crippen molar-refractivity contribution in [2.45, 2.75) is 32.7 Å². The summed E-state index contributed by atoms with van der Waals surface area (Å²) < 4.78 is 9.23. The van der Waals surface area contributed by atoms with Crippen LogP contribution in [0.2, 0.25) is 0 Å². The van der Waals surface area contributed by atoms with Crippen LogP contribution in [0.15, 0.2) is 16.8 Å². The van der Waals surface area contributed by atoms with Crippen molar-refractivity contribution in [2.24, 2.45) is 7.05 Å². The van der Waals surface area contributed by atoms with E-state index in [4.69, 9.17) is 21.1 Å². The Morgan fingerprint density at radius 2 is 2.19 bits per heavy atom. The number of aryl methyl sites for hydroxylation is 3. The zero-order valence-electron chi connectivity index (χ0n) is 12.2. The Bertz CT molecular complexity index is 728. The van der Waals surface area contributed by atoms with Crippen LogP contribution in [0.1, 0.15) is 30.6 Å². The minimum absolute atomic E-state index is 0.538. The van der Waals surface area contributed by atoms with Gasteiger partial charge < -0.3 is 9.09 Å². The topological polar surface area (TPSA) is 61.7 Å². The number of nitrogens with zero attached hydrogens (tertiary/aromatic N) is 5. The van der Waals surface area contributed by atoms with Crippen molar-refractivity contribution < 1.29 is 4.52 Å². The molecule has 7 heteroatoms. The molecule has 0 aliphatic carbocycles. The molecule has 0 saturated carbocycles. The van der Waals surface area contributed by atoms with Gasteiger partial charge in [-0.15, -0.1) is 11.6 Å². The highest BCUT2D eigenvalue weighted by Crippen LogP contribution is 2.22. The van der Waals surface area contributed by atoms with Crippen molar-refractivity contribution in [3.63, 3.8) is 0 Å². The normalized spacial score (nSPS) is 11.6. The molecule has 0 aliphatic rings. The molecular formula is C14H18ClN5O. The van der Waals surface area contributed by atoms with E-state index >= 15 is 0 Å². The van der Waals surface area contributed by atoms with Crippen molar-refractivity contribution >= 4 is 22.8 Å². The summed E-state index contributed by atoms with van der Waals surface area (Å²) in [5.41, 5.74) is 3.02. The van der Waals surface area contributed by atoms with Crippen LogP contribution in [-0.4, -0.2) is 30.4 Å². The standard InChI is InChI=1S/C14H18ClN5O/c1-3-4-11-13-14(19(2)18-11)20(12(17-13)5-7-15)9-10-6-8-16-21-10/h6,8H,3-5,7,9H2,1-2H3. The van der Waals surface area contributed by atoms with E-state index in [-0.39, 0.29) is 0 Å². The highest BCUT2D eigenvalue weighted by molar-refractivity contribution is 6.17. The molecule has 0 aromatic carbocycles. The molecule has 3 heterocycles. The predicted molar refractivity (Wildman–Crippen MR) is 80.5 cm³/mol. The summed E-state index contributed by atoms with van der Waals surface area (Å²) in [5.74, 6) is 2.29. The Balaban J connectivity index is 2.12. The van der Waals surface area contributed by atoms with E-state index in [1.165, 1.54) is 0 Å². The van der Waals surface area contributed by atoms with Gasteiger partial charge in [-0.05, 0) is 6.42 Å². The highest BCUT2D eigenvalue weighted by Gasteiger charge is 2.19. The van der Waals surface area contributed by atoms with Gasteiger partial charge in [0.25, 0.3) is 0 Å². The summed E-state index contributed by atoms with van der Waals surface area (Å²) >= 11 is 5.91. The first-order valence-corrected chi connectivity index (χ1v) is 7.64. The molecule has 0 spiro atoms. The third-order valence-electron chi connectivity index (χ3n) is 3.48. The van der Waals surface area contributed by atoms with Crippen LogP contribution in [0.3, 0.4) is 0 Å². The van der Waals surface area contributed by atoms with Gasteiger partial charge >= 0.3 is 0 Å². The first kappa shape index (κ1) is 14.1. The van der Waals surface area contributed by atoms with Crippen LogP contribution in [0, 0.1) is 0 Å². The second kappa shape index (κ2) is 5.89. The first-order chi connectivity index (χ1) is 10.2. The number of fused-ring (bicyclic) bond motifs is 1. The molecule has 112 valence electrons. The first-order valence-electron chi connectivity index (χ1n) is 7.11. The summed E-state index contributed by atoms with van der Waals surface area (Å²) in [5, 5.41) is 8.34. The number of hydrogen-bond donors (Lipinski definition) is 0. The van der Waals surface area contributed by atoms with Crippen LogP contribution < -0.4 is 0 Å². The quantitative estimate of drug-likeness (QED) is 0.657. The molecule has 3 aromatic rings. The number of rotatable bonds is 6. The molecule has 0 N–H and O–H groups in total. The lowest BCUT2D eigenvalue weighted by molar-refractivity contribution is 0.375. The molecule has 3 rings (SSSR count). The second-order valence-electron chi connectivity index (χ2n) is 5.02. The van der Waals surface area contributed by atoms with Crippen molar-refractivity contribution in [2.75, 3.05) is 5.88 Å². The Hall–Kier alpha value is -1.82. The molecule has 0 bridgehead atoms. The Morgan fingerprint density at radius 1 is 1.33 bits per heavy atom. The van der Waals surface area contributed by atoms with E-state index in [2.05, 4.69) is 21.7 Å². The third-order valence-corrected chi connectivity index (χ3v) is 3.67. The third kappa shape index (κ3) is 2.55. The van der Waals surface area contributed by atoms with Gasteiger partial charge in [0, 0.05) is 25.4 Å². The van der Waals surface area contributed by atoms with Crippen LogP contribution in [0.5, 0.6) is 0 Å². The zero-order valence-corrected chi connectivity index (χ0v) is 13.0. The van der Waals surface area contributed by atoms with Crippen LogP contribution in [0.25, 0.3) is 11.2 Å². The van der Waals surface area contributed by atoms with Gasteiger partial charge in [-0.3, -0.25) is 4.68 Å². The molecule has 0 radical (unpaired) electrons. The monoisotopic (exact) mass is 307 g/mol. The lowest BCUT2D eigenvalue weighted by Crippen LogP contribution is -2.09. The minimum Gasteiger partial charge on any atom is -0.359 e. The van der Waals surface area contributed by atoms with E-state index in [1.54, 1.807) is 6.20 Å². The fourth-order valence-corrected chi connectivity index (χ4v) is 2.78. The van der Waals surface area contributed by atoms with E-state index < -0.39 is 0 Å². The lowest BCUT2D eigenvalue weighted by atomic mass is 10.2. The maximum Gasteiger partial charge on any atom is 0.159 e. The molecule has 0 saturated heterocycles. The number of hydrogen-bond acceptors (Lipinski definition) is 4. The molecule has 3 aromatic heterocycles. The molecule has 0 unspecified atom stereocenters. The number of aromatic nitrogens is 5. The fraction of sp³-hybridized carbons (Fsp3) is 0.500. The molecular weight excluding hydrogens is 290 g/mol.